The van der Waals surface area contributed by atoms with Crippen LogP contribution in [-0.2, 0) is 12.7 Å². The van der Waals surface area contributed by atoms with Gasteiger partial charge in [0.2, 0.25) is 0 Å². The van der Waals surface area contributed by atoms with Crippen LogP contribution in [0.15, 0.2) is 36.5 Å². The first kappa shape index (κ1) is 11.6. The molecule has 0 unspecified atom stereocenters. The summed E-state index contributed by atoms with van der Waals surface area (Å²) < 4.78 is 50.8. The van der Waals surface area contributed by atoms with Gasteiger partial charge in [0.15, 0.2) is 5.69 Å². The summed E-state index contributed by atoms with van der Waals surface area (Å²) in [5.74, 6) is -0.425. The first-order valence-electron chi connectivity index (χ1n) is 4.80. The van der Waals surface area contributed by atoms with E-state index in [1.807, 2.05) is 0 Å². The summed E-state index contributed by atoms with van der Waals surface area (Å²) in [6.45, 7) is 0.105. The Kier molecular flexibility index (Phi) is 2.87. The van der Waals surface area contributed by atoms with Crippen molar-refractivity contribution < 1.29 is 17.6 Å². The van der Waals surface area contributed by atoms with Crippen LogP contribution in [0.5, 0.6) is 0 Å². The molecule has 17 heavy (non-hydrogen) atoms. The Morgan fingerprint density at radius 2 is 1.94 bits per heavy atom. The highest BCUT2D eigenvalue weighted by atomic mass is 19.4. The van der Waals surface area contributed by atoms with Crippen molar-refractivity contribution in [2.45, 2.75) is 12.7 Å². The lowest BCUT2D eigenvalue weighted by molar-refractivity contribution is -0.141. The smallest absolute Gasteiger partial charge is 0.268 e. The van der Waals surface area contributed by atoms with Crippen LogP contribution < -0.4 is 0 Å². The molecule has 2 aromatic rings. The maximum absolute atomic E-state index is 12.9. The molecule has 90 valence electrons. The fourth-order valence-corrected chi connectivity index (χ4v) is 1.42. The second kappa shape index (κ2) is 4.20. The van der Waals surface area contributed by atoms with E-state index in [1.54, 1.807) is 6.07 Å². The second-order valence-electron chi connectivity index (χ2n) is 3.53. The van der Waals surface area contributed by atoms with Gasteiger partial charge in [-0.25, -0.2) is 4.39 Å². The number of hydrogen-bond acceptors (Lipinski definition) is 1. The van der Waals surface area contributed by atoms with Crippen molar-refractivity contribution in [2.24, 2.45) is 0 Å². The monoisotopic (exact) mass is 244 g/mol. The fraction of sp³-hybridized carbons (Fsp3) is 0.182. The normalized spacial score (nSPS) is 11.8. The van der Waals surface area contributed by atoms with Crippen LogP contribution in [-0.4, -0.2) is 9.78 Å². The molecule has 0 aliphatic carbocycles. The summed E-state index contributed by atoms with van der Waals surface area (Å²) >= 11 is 0. The van der Waals surface area contributed by atoms with Gasteiger partial charge in [-0.1, -0.05) is 12.1 Å². The maximum atomic E-state index is 12.9. The average Bonchev–Trinajstić information content (AvgIpc) is 2.65. The van der Waals surface area contributed by atoms with Crippen LogP contribution in [0.4, 0.5) is 17.6 Å². The van der Waals surface area contributed by atoms with Crippen molar-refractivity contribution in [3.05, 3.63) is 53.6 Å². The largest absolute Gasteiger partial charge is 0.435 e. The van der Waals surface area contributed by atoms with Crippen LogP contribution in [0.3, 0.4) is 0 Å². The van der Waals surface area contributed by atoms with Crippen molar-refractivity contribution in [1.29, 1.82) is 0 Å². The molecule has 0 saturated carbocycles. The van der Waals surface area contributed by atoms with Gasteiger partial charge in [-0.05, 0) is 23.8 Å². The average molecular weight is 244 g/mol. The molecule has 1 heterocycles. The Morgan fingerprint density at radius 1 is 1.18 bits per heavy atom. The third-order valence-corrected chi connectivity index (χ3v) is 2.16. The first-order valence-corrected chi connectivity index (χ1v) is 4.80. The van der Waals surface area contributed by atoms with Crippen LogP contribution in [0.2, 0.25) is 0 Å². The quantitative estimate of drug-likeness (QED) is 0.742. The highest BCUT2D eigenvalue weighted by Gasteiger charge is 2.33. The highest BCUT2D eigenvalue weighted by Crippen LogP contribution is 2.27. The van der Waals surface area contributed by atoms with E-state index in [-0.39, 0.29) is 6.54 Å². The van der Waals surface area contributed by atoms with Gasteiger partial charge in [-0.15, -0.1) is 0 Å². The number of nitrogens with zero attached hydrogens (tertiary/aromatic N) is 2. The van der Waals surface area contributed by atoms with E-state index in [4.69, 9.17) is 0 Å². The van der Waals surface area contributed by atoms with E-state index in [1.165, 1.54) is 24.4 Å². The minimum Gasteiger partial charge on any atom is -0.268 e. The molecule has 0 saturated heterocycles. The Bertz CT molecular complexity index is 516. The minimum absolute atomic E-state index is 0.105. The predicted octanol–water partition coefficient (Wildman–Crippen LogP) is 3.09. The lowest BCUT2D eigenvalue weighted by Crippen LogP contribution is -2.08. The fourth-order valence-electron chi connectivity index (χ4n) is 1.42. The van der Waals surface area contributed by atoms with Crippen molar-refractivity contribution in [3.63, 3.8) is 0 Å². The molecule has 2 nitrogen and oxygen atoms in total. The van der Waals surface area contributed by atoms with Crippen molar-refractivity contribution in [3.8, 4) is 0 Å². The van der Waals surface area contributed by atoms with Crippen molar-refractivity contribution in [1.82, 2.24) is 9.78 Å². The molecular formula is C11H8F4N2. The first-order chi connectivity index (χ1) is 7.95. The van der Waals surface area contributed by atoms with Gasteiger partial charge < -0.3 is 0 Å². The van der Waals surface area contributed by atoms with E-state index < -0.39 is 17.7 Å². The zero-order valence-electron chi connectivity index (χ0n) is 8.58. The number of rotatable bonds is 2. The third-order valence-electron chi connectivity index (χ3n) is 2.16. The molecule has 0 N–H and O–H groups in total. The van der Waals surface area contributed by atoms with Crippen molar-refractivity contribution in [2.75, 3.05) is 0 Å². The standard InChI is InChI=1S/C11H8F4N2/c12-9-3-1-2-8(6-9)7-17-5-4-10(16-17)11(13,14)15/h1-6H,7H2. The maximum Gasteiger partial charge on any atom is 0.435 e. The molecule has 2 rings (SSSR count). The predicted molar refractivity (Wildman–Crippen MR) is 52.7 cm³/mol. The molecule has 0 atom stereocenters. The van der Waals surface area contributed by atoms with E-state index in [2.05, 4.69) is 5.10 Å². The summed E-state index contributed by atoms with van der Waals surface area (Å²) in [6, 6.07) is 6.54. The van der Waals surface area contributed by atoms with E-state index >= 15 is 0 Å². The summed E-state index contributed by atoms with van der Waals surface area (Å²) in [4.78, 5) is 0. The summed E-state index contributed by atoms with van der Waals surface area (Å²) in [6.07, 6.45) is -3.24. The van der Waals surface area contributed by atoms with Gasteiger partial charge in [0.05, 0.1) is 6.54 Å². The zero-order valence-corrected chi connectivity index (χ0v) is 8.58. The summed E-state index contributed by atoms with van der Waals surface area (Å²) in [5.41, 5.74) is -0.393. The zero-order chi connectivity index (χ0) is 12.5. The summed E-state index contributed by atoms with van der Waals surface area (Å²) in [5, 5.41) is 3.38. The lowest BCUT2D eigenvalue weighted by Gasteiger charge is -2.03. The van der Waals surface area contributed by atoms with Crippen LogP contribution in [0.25, 0.3) is 0 Å². The topological polar surface area (TPSA) is 17.8 Å². The number of hydrogen-bond donors (Lipinski definition) is 0. The molecule has 6 heteroatoms. The third kappa shape index (κ3) is 2.83. The molecule has 0 aliphatic rings. The minimum atomic E-state index is -4.45. The number of halogens is 4. The van der Waals surface area contributed by atoms with Gasteiger partial charge in [0.25, 0.3) is 0 Å². The Morgan fingerprint density at radius 3 is 2.53 bits per heavy atom. The molecule has 0 radical (unpaired) electrons. The lowest BCUT2D eigenvalue weighted by atomic mass is 10.2. The number of aromatic nitrogens is 2. The van der Waals surface area contributed by atoms with Gasteiger partial charge in [0.1, 0.15) is 5.82 Å². The molecule has 1 aromatic carbocycles. The molecule has 0 amide bonds. The molecule has 0 bridgehead atoms. The van der Waals surface area contributed by atoms with Crippen LogP contribution in [0, 0.1) is 5.82 Å². The Hall–Kier alpha value is -1.85. The van der Waals surface area contributed by atoms with Crippen molar-refractivity contribution >= 4 is 0 Å². The van der Waals surface area contributed by atoms with Gasteiger partial charge in [-0.3, -0.25) is 4.68 Å². The molecule has 0 spiro atoms. The van der Waals surface area contributed by atoms with Gasteiger partial charge in [0, 0.05) is 6.20 Å². The SMILES string of the molecule is Fc1cccc(Cn2ccc(C(F)(F)F)n2)c1. The van der Waals surface area contributed by atoms with Gasteiger partial charge in [-0.2, -0.15) is 18.3 Å². The molecule has 0 aliphatic heterocycles. The number of benzene rings is 1. The number of alkyl halides is 3. The van der Waals surface area contributed by atoms with Crippen LogP contribution >= 0.6 is 0 Å². The summed E-state index contributed by atoms with van der Waals surface area (Å²) in [7, 11) is 0. The van der Waals surface area contributed by atoms with Crippen LogP contribution in [0.1, 0.15) is 11.3 Å². The molecular weight excluding hydrogens is 236 g/mol. The van der Waals surface area contributed by atoms with Gasteiger partial charge >= 0.3 is 6.18 Å². The second-order valence-corrected chi connectivity index (χ2v) is 3.53. The molecule has 1 aromatic heterocycles. The molecule has 0 fully saturated rings. The Labute approximate surface area is 94.5 Å². The highest BCUT2D eigenvalue weighted by molar-refractivity contribution is 5.17. The van der Waals surface area contributed by atoms with E-state index in [9.17, 15) is 17.6 Å². The van der Waals surface area contributed by atoms with E-state index in [0.717, 1.165) is 10.7 Å². The van der Waals surface area contributed by atoms with E-state index in [0.29, 0.717) is 5.56 Å². The Balaban J connectivity index is 2.17.